The molecule has 2 rings (SSSR count). The first-order valence-corrected chi connectivity index (χ1v) is 8.86. The van der Waals surface area contributed by atoms with Gasteiger partial charge in [-0.25, -0.2) is 0 Å². The summed E-state index contributed by atoms with van der Waals surface area (Å²) in [5, 5.41) is 2.59. The molecule has 7 heteroatoms. The van der Waals surface area contributed by atoms with Crippen molar-refractivity contribution in [1.29, 1.82) is 0 Å². The Morgan fingerprint density at radius 3 is 2.48 bits per heavy atom. The second-order valence-corrected chi connectivity index (χ2v) is 6.67. The van der Waals surface area contributed by atoms with Gasteiger partial charge in [0.1, 0.15) is 0 Å². The largest absolute Gasteiger partial charge is 0.302 e. The van der Waals surface area contributed by atoms with Gasteiger partial charge in [-0.3, -0.25) is 20.4 Å². The third-order valence-electron chi connectivity index (χ3n) is 3.46. The van der Waals surface area contributed by atoms with E-state index in [2.05, 4.69) is 32.1 Å². The second kappa shape index (κ2) is 9.29. The monoisotopic (exact) mass is 419 g/mol. The molecule has 0 fully saturated rings. The van der Waals surface area contributed by atoms with Crippen molar-refractivity contribution in [3.8, 4) is 0 Å². The van der Waals surface area contributed by atoms with E-state index in [-0.39, 0.29) is 16.9 Å². The maximum atomic E-state index is 12.0. The molecule has 25 heavy (non-hydrogen) atoms. The molecule has 2 amide bonds. The van der Waals surface area contributed by atoms with Crippen molar-refractivity contribution in [1.82, 2.24) is 16.2 Å². The Balaban J connectivity index is 1.75. The van der Waals surface area contributed by atoms with Crippen LogP contribution in [0.2, 0.25) is 0 Å². The van der Waals surface area contributed by atoms with Gasteiger partial charge in [0, 0.05) is 16.5 Å². The van der Waals surface area contributed by atoms with Gasteiger partial charge in [-0.1, -0.05) is 52.3 Å². The summed E-state index contributed by atoms with van der Waals surface area (Å²) in [5.41, 5.74) is 7.57. The summed E-state index contributed by atoms with van der Waals surface area (Å²) in [5.74, 6) is -0.560. The molecule has 0 aliphatic rings. The number of thiocarbonyl (C=S) groups is 1. The van der Waals surface area contributed by atoms with Crippen molar-refractivity contribution >= 4 is 45.1 Å². The predicted octanol–water partition coefficient (Wildman–Crippen LogP) is 3.03. The van der Waals surface area contributed by atoms with Crippen LogP contribution in [0.1, 0.15) is 27.9 Å². The SMILES string of the molecule is Cc1ccc(C(=O)NNC(=S)NC(=O)CCc2ccccc2)cc1Br. The fourth-order valence-electron chi connectivity index (χ4n) is 2.04. The number of hydrogen-bond donors (Lipinski definition) is 3. The van der Waals surface area contributed by atoms with Crippen molar-refractivity contribution in [2.75, 3.05) is 0 Å². The minimum Gasteiger partial charge on any atom is -0.302 e. The molecule has 0 radical (unpaired) electrons. The summed E-state index contributed by atoms with van der Waals surface area (Å²) in [6, 6.07) is 15.0. The highest BCUT2D eigenvalue weighted by Crippen LogP contribution is 2.17. The lowest BCUT2D eigenvalue weighted by molar-refractivity contribution is -0.119. The van der Waals surface area contributed by atoms with E-state index in [0.29, 0.717) is 18.4 Å². The lowest BCUT2D eigenvalue weighted by Gasteiger charge is -2.11. The van der Waals surface area contributed by atoms with Crippen molar-refractivity contribution in [2.45, 2.75) is 19.8 Å². The number of carbonyl (C=O) groups is 2. The van der Waals surface area contributed by atoms with Crippen LogP contribution in [-0.2, 0) is 11.2 Å². The van der Waals surface area contributed by atoms with Gasteiger partial charge in [0.15, 0.2) is 5.11 Å². The molecule has 0 aliphatic carbocycles. The molecule has 0 saturated carbocycles. The third-order valence-corrected chi connectivity index (χ3v) is 4.52. The van der Waals surface area contributed by atoms with E-state index in [1.807, 2.05) is 43.3 Å². The Bertz CT molecular complexity index is 781. The minimum absolute atomic E-state index is 0.0533. The molecular formula is C18H18BrN3O2S. The van der Waals surface area contributed by atoms with Gasteiger partial charge in [-0.05, 0) is 48.8 Å². The second-order valence-electron chi connectivity index (χ2n) is 5.41. The number of hydrazine groups is 1. The Labute approximate surface area is 160 Å². The number of benzene rings is 2. The highest BCUT2D eigenvalue weighted by Gasteiger charge is 2.09. The van der Waals surface area contributed by atoms with Crippen LogP contribution in [0.15, 0.2) is 53.0 Å². The van der Waals surface area contributed by atoms with Crippen LogP contribution in [0.3, 0.4) is 0 Å². The van der Waals surface area contributed by atoms with E-state index in [4.69, 9.17) is 12.2 Å². The Kier molecular flexibility index (Phi) is 7.09. The standard InChI is InChI=1S/C18H18BrN3O2S/c1-12-7-9-14(11-15(12)19)17(24)21-22-18(25)20-16(23)10-8-13-5-3-2-4-6-13/h2-7,9,11H,8,10H2,1H3,(H,21,24)(H2,20,22,23,25). The topological polar surface area (TPSA) is 70.2 Å². The molecule has 0 saturated heterocycles. The highest BCUT2D eigenvalue weighted by atomic mass is 79.9. The van der Waals surface area contributed by atoms with E-state index in [0.717, 1.165) is 15.6 Å². The summed E-state index contributed by atoms with van der Waals surface area (Å²) >= 11 is 8.39. The molecule has 2 aromatic carbocycles. The van der Waals surface area contributed by atoms with Crippen molar-refractivity contribution in [2.24, 2.45) is 0 Å². The molecular weight excluding hydrogens is 402 g/mol. The number of halogens is 1. The van der Waals surface area contributed by atoms with E-state index < -0.39 is 0 Å². The number of carbonyl (C=O) groups excluding carboxylic acids is 2. The molecule has 0 unspecified atom stereocenters. The average Bonchev–Trinajstić information content (AvgIpc) is 2.61. The van der Waals surface area contributed by atoms with Crippen molar-refractivity contribution in [3.05, 3.63) is 69.7 Å². The van der Waals surface area contributed by atoms with Crippen LogP contribution >= 0.6 is 28.1 Å². The fourth-order valence-corrected chi connectivity index (χ4v) is 2.59. The fraction of sp³-hybridized carbons (Fsp3) is 0.167. The summed E-state index contributed by atoms with van der Waals surface area (Å²) in [4.78, 5) is 23.9. The summed E-state index contributed by atoms with van der Waals surface area (Å²) < 4.78 is 0.844. The Hall–Kier alpha value is -2.25. The molecule has 0 heterocycles. The smallest absolute Gasteiger partial charge is 0.269 e. The van der Waals surface area contributed by atoms with Crippen molar-refractivity contribution < 1.29 is 9.59 Å². The van der Waals surface area contributed by atoms with Crippen LogP contribution in [0, 0.1) is 6.92 Å². The van der Waals surface area contributed by atoms with E-state index in [9.17, 15) is 9.59 Å². The number of hydrogen-bond acceptors (Lipinski definition) is 3. The van der Waals surface area contributed by atoms with Crippen LogP contribution in [-0.4, -0.2) is 16.9 Å². The minimum atomic E-state index is -0.346. The third kappa shape index (κ3) is 6.28. The molecule has 0 bridgehead atoms. The van der Waals surface area contributed by atoms with Crippen LogP contribution in [0.4, 0.5) is 0 Å². The molecule has 0 atom stereocenters. The predicted molar refractivity (Wildman–Crippen MR) is 105 cm³/mol. The molecule has 130 valence electrons. The van der Waals surface area contributed by atoms with E-state index >= 15 is 0 Å². The number of nitrogens with one attached hydrogen (secondary N) is 3. The molecule has 3 N–H and O–H groups in total. The zero-order valence-corrected chi connectivity index (χ0v) is 16.0. The van der Waals surface area contributed by atoms with Crippen molar-refractivity contribution in [3.63, 3.8) is 0 Å². The zero-order chi connectivity index (χ0) is 18.2. The first-order valence-electron chi connectivity index (χ1n) is 7.66. The van der Waals surface area contributed by atoms with E-state index in [1.54, 1.807) is 12.1 Å². The highest BCUT2D eigenvalue weighted by molar-refractivity contribution is 9.10. The number of rotatable bonds is 4. The zero-order valence-electron chi connectivity index (χ0n) is 13.6. The van der Waals surface area contributed by atoms with Crippen LogP contribution < -0.4 is 16.2 Å². The van der Waals surface area contributed by atoms with Gasteiger partial charge in [-0.2, -0.15) is 0 Å². The van der Waals surface area contributed by atoms with Gasteiger partial charge in [0.25, 0.3) is 5.91 Å². The normalized spacial score (nSPS) is 10.0. The first kappa shape index (κ1) is 19.1. The number of aryl methyl sites for hydroxylation is 2. The number of amides is 2. The van der Waals surface area contributed by atoms with Gasteiger partial charge in [-0.15, -0.1) is 0 Å². The maximum absolute atomic E-state index is 12.0. The van der Waals surface area contributed by atoms with E-state index in [1.165, 1.54) is 0 Å². The summed E-state index contributed by atoms with van der Waals surface area (Å²) in [6.45, 7) is 1.93. The summed E-state index contributed by atoms with van der Waals surface area (Å²) in [6.07, 6.45) is 0.934. The average molecular weight is 420 g/mol. The van der Waals surface area contributed by atoms with Gasteiger partial charge in [0.05, 0.1) is 0 Å². The quantitative estimate of drug-likeness (QED) is 0.526. The molecule has 2 aromatic rings. The summed E-state index contributed by atoms with van der Waals surface area (Å²) in [7, 11) is 0. The Morgan fingerprint density at radius 2 is 1.80 bits per heavy atom. The van der Waals surface area contributed by atoms with Crippen LogP contribution in [0.25, 0.3) is 0 Å². The van der Waals surface area contributed by atoms with Gasteiger partial charge >= 0.3 is 0 Å². The lowest BCUT2D eigenvalue weighted by atomic mass is 10.1. The Morgan fingerprint density at radius 1 is 1.08 bits per heavy atom. The lowest BCUT2D eigenvalue weighted by Crippen LogP contribution is -2.48. The molecule has 0 spiro atoms. The molecule has 5 nitrogen and oxygen atoms in total. The molecule has 0 aliphatic heterocycles. The van der Waals surface area contributed by atoms with Gasteiger partial charge < -0.3 is 5.32 Å². The first-order chi connectivity index (χ1) is 12.0. The molecule has 0 aromatic heterocycles. The van der Waals surface area contributed by atoms with Crippen LogP contribution in [0.5, 0.6) is 0 Å². The maximum Gasteiger partial charge on any atom is 0.269 e. The van der Waals surface area contributed by atoms with Gasteiger partial charge in [0.2, 0.25) is 5.91 Å².